The molecule has 0 aromatic heterocycles. The van der Waals surface area contributed by atoms with Gasteiger partial charge in [0.05, 0.1) is 6.10 Å². The van der Waals surface area contributed by atoms with Crippen LogP contribution in [0.4, 0.5) is 0 Å². The largest absolute Gasteiger partial charge is 0.387 e. The van der Waals surface area contributed by atoms with Crippen molar-refractivity contribution in [2.24, 2.45) is 0 Å². The van der Waals surface area contributed by atoms with Crippen LogP contribution in [0.3, 0.4) is 0 Å². The average molecular weight is 146 g/mol. The Hall–Kier alpha value is -0.120. The molecule has 1 aliphatic rings. The Morgan fingerprint density at radius 1 is 1.70 bits per heavy atom. The van der Waals surface area contributed by atoms with Crippen molar-refractivity contribution < 1.29 is 14.9 Å². The summed E-state index contributed by atoms with van der Waals surface area (Å²) in [7, 11) is 0. The number of aliphatic hydroxyl groups excluding tert-OH is 1. The van der Waals surface area contributed by atoms with Gasteiger partial charge in [-0.1, -0.05) is 6.92 Å². The topological polar surface area (TPSA) is 49.7 Å². The predicted octanol–water partition coefficient (Wildman–Crippen LogP) is 0.255. The van der Waals surface area contributed by atoms with E-state index in [1.165, 1.54) is 0 Å². The Morgan fingerprint density at radius 3 is 2.50 bits per heavy atom. The van der Waals surface area contributed by atoms with Gasteiger partial charge in [0, 0.05) is 12.8 Å². The van der Waals surface area contributed by atoms with Gasteiger partial charge in [0.2, 0.25) is 0 Å². The maximum Gasteiger partial charge on any atom is 0.192 e. The van der Waals surface area contributed by atoms with Gasteiger partial charge in [0.1, 0.15) is 6.10 Å². The Kier molecular flexibility index (Phi) is 1.99. The normalized spacial score (nSPS) is 48.0. The van der Waals surface area contributed by atoms with E-state index in [4.69, 9.17) is 4.74 Å². The summed E-state index contributed by atoms with van der Waals surface area (Å²) >= 11 is 0. The highest BCUT2D eigenvalue weighted by Crippen LogP contribution is 2.30. The molecule has 1 heterocycles. The first kappa shape index (κ1) is 7.98. The number of hydrogen-bond donors (Lipinski definition) is 2. The first-order valence-electron chi connectivity index (χ1n) is 3.66. The number of rotatable bonds is 1. The van der Waals surface area contributed by atoms with Crippen LogP contribution in [0.15, 0.2) is 0 Å². The molecule has 3 nitrogen and oxygen atoms in total. The summed E-state index contributed by atoms with van der Waals surface area (Å²) in [4.78, 5) is 0. The van der Waals surface area contributed by atoms with E-state index in [0.717, 1.165) is 0 Å². The van der Waals surface area contributed by atoms with Gasteiger partial charge in [0.15, 0.2) is 5.79 Å². The molecule has 0 saturated carbocycles. The summed E-state index contributed by atoms with van der Waals surface area (Å²) < 4.78 is 5.12. The third kappa shape index (κ3) is 1.17. The maximum atomic E-state index is 9.47. The molecule has 60 valence electrons. The van der Waals surface area contributed by atoms with Crippen LogP contribution in [0.2, 0.25) is 0 Å². The van der Waals surface area contributed by atoms with Gasteiger partial charge in [-0.05, 0) is 6.92 Å². The lowest BCUT2D eigenvalue weighted by atomic mass is 10.1. The molecule has 0 aliphatic carbocycles. The quantitative estimate of drug-likeness (QED) is 0.557. The second-order valence-electron chi connectivity index (χ2n) is 2.88. The first-order valence-corrected chi connectivity index (χ1v) is 3.66. The van der Waals surface area contributed by atoms with Crippen molar-refractivity contribution in [3.63, 3.8) is 0 Å². The zero-order valence-corrected chi connectivity index (χ0v) is 6.37. The lowest BCUT2D eigenvalue weighted by Crippen LogP contribution is -2.38. The molecule has 0 spiro atoms. The lowest BCUT2D eigenvalue weighted by Gasteiger charge is -2.23. The van der Waals surface area contributed by atoms with Crippen molar-refractivity contribution in [3.05, 3.63) is 0 Å². The highest BCUT2D eigenvalue weighted by Gasteiger charge is 2.43. The Labute approximate surface area is 60.6 Å². The number of hydrogen-bond acceptors (Lipinski definition) is 3. The van der Waals surface area contributed by atoms with E-state index in [1.54, 1.807) is 6.92 Å². The molecule has 1 aliphatic heterocycles. The van der Waals surface area contributed by atoms with Crippen LogP contribution in [-0.4, -0.2) is 28.2 Å². The summed E-state index contributed by atoms with van der Waals surface area (Å²) in [6, 6.07) is 0. The SMILES string of the molecule is CCC1(O)O[C@H](C)C[C@@H]1O. The summed E-state index contributed by atoms with van der Waals surface area (Å²) in [6.07, 6.45) is 0.232. The Morgan fingerprint density at radius 2 is 2.30 bits per heavy atom. The fraction of sp³-hybridized carbons (Fsp3) is 1.00. The summed E-state index contributed by atoms with van der Waals surface area (Å²) in [6.45, 7) is 3.64. The number of ether oxygens (including phenoxy) is 1. The van der Waals surface area contributed by atoms with Crippen LogP contribution in [0.1, 0.15) is 26.7 Å². The maximum absolute atomic E-state index is 9.47. The molecular weight excluding hydrogens is 132 g/mol. The van der Waals surface area contributed by atoms with Crippen LogP contribution < -0.4 is 0 Å². The minimum Gasteiger partial charge on any atom is -0.387 e. The van der Waals surface area contributed by atoms with Crippen molar-refractivity contribution in [3.8, 4) is 0 Å². The highest BCUT2D eigenvalue weighted by atomic mass is 16.7. The summed E-state index contributed by atoms with van der Waals surface area (Å²) in [5.41, 5.74) is 0. The molecule has 0 aromatic rings. The molecule has 0 aromatic carbocycles. The van der Waals surface area contributed by atoms with E-state index < -0.39 is 11.9 Å². The van der Waals surface area contributed by atoms with E-state index in [2.05, 4.69) is 0 Å². The standard InChI is InChI=1S/C7H14O3/c1-3-7(9)6(8)4-5(2)10-7/h5-6,8-9H,3-4H2,1-2H3/t5-,6+,7?/m1/s1. The Balaban J connectivity index is 2.61. The molecule has 1 fully saturated rings. The van der Waals surface area contributed by atoms with Gasteiger partial charge in [-0.25, -0.2) is 0 Å². The van der Waals surface area contributed by atoms with Crippen LogP contribution in [-0.2, 0) is 4.74 Å². The predicted molar refractivity (Wildman–Crippen MR) is 36.4 cm³/mol. The average Bonchev–Trinajstić information content (AvgIpc) is 2.09. The van der Waals surface area contributed by atoms with Gasteiger partial charge in [-0.15, -0.1) is 0 Å². The summed E-state index contributed by atoms with van der Waals surface area (Å²) in [5, 5.41) is 18.7. The molecular formula is C7H14O3. The first-order chi connectivity index (χ1) is 4.58. The monoisotopic (exact) mass is 146 g/mol. The van der Waals surface area contributed by atoms with Gasteiger partial charge in [-0.3, -0.25) is 0 Å². The molecule has 2 N–H and O–H groups in total. The molecule has 0 bridgehead atoms. The van der Waals surface area contributed by atoms with E-state index in [9.17, 15) is 10.2 Å². The van der Waals surface area contributed by atoms with Crippen LogP contribution in [0, 0.1) is 0 Å². The number of aliphatic hydroxyl groups is 2. The summed E-state index contributed by atoms with van der Waals surface area (Å²) in [5.74, 6) is -1.28. The minimum atomic E-state index is -1.28. The van der Waals surface area contributed by atoms with Crippen LogP contribution >= 0.6 is 0 Å². The third-order valence-corrected chi connectivity index (χ3v) is 1.99. The van der Waals surface area contributed by atoms with Crippen molar-refractivity contribution in [1.29, 1.82) is 0 Å². The lowest BCUT2D eigenvalue weighted by molar-refractivity contribution is -0.226. The molecule has 10 heavy (non-hydrogen) atoms. The molecule has 1 unspecified atom stereocenters. The van der Waals surface area contributed by atoms with E-state index >= 15 is 0 Å². The fourth-order valence-corrected chi connectivity index (χ4v) is 1.29. The zero-order chi connectivity index (χ0) is 7.78. The zero-order valence-electron chi connectivity index (χ0n) is 6.37. The van der Waals surface area contributed by atoms with Gasteiger partial charge in [-0.2, -0.15) is 0 Å². The van der Waals surface area contributed by atoms with Gasteiger partial charge >= 0.3 is 0 Å². The van der Waals surface area contributed by atoms with Crippen LogP contribution in [0.25, 0.3) is 0 Å². The fourth-order valence-electron chi connectivity index (χ4n) is 1.29. The van der Waals surface area contributed by atoms with Crippen molar-refractivity contribution >= 4 is 0 Å². The van der Waals surface area contributed by atoms with E-state index in [1.807, 2.05) is 6.92 Å². The molecule has 0 radical (unpaired) electrons. The van der Waals surface area contributed by atoms with Crippen molar-refractivity contribution in [2.45, 2.75) is 44.7 Å². The van der Waals surface area contributed by atoms with E-state index in [-0.39, 0.29) is 6.10 Å². The highest BCUT2D eigenvalue weighted by molar-refractivity contribution is 4.84. The smallest absolute Gasteiger partial charge is 0.192 e. The Bertz CT molecular complexity index is 126. The molecule has 0 amide bonds. The van der Waals surface area contributed by atoms with E-state index in [0.29, 0.717) is 12.8 Å². The molecule has 1 saturated heterocycles. The third-order valence-electron chi connectivity index (χ3n) is 1.99. The van der Waals surface area contributed by atoms with Gasteiger partial charge in [0.25, 0.3) is 0 Å². The second kappa shape index (κ2) is 2.49. The molecule has 1 rings (SSSR count). The van der Waals surface area contributed by atoms with Crippen molar-refractivity contribution in [1.82, 2.24) is 0 Å². The van der Waals surface area contributed by atoms with Gasteiger partial charge < -0.3 is 14.9 Å². The molecule has 3 atom stereocenters. The van der Waals surface area contributed by atoms with Crippen molar-refractivity contribution in [2.75, 3.05) is 0 Å². The second-order valence-corrected chi connectivity index (χ2v) is 2.88. The van der Waals surface area contributed by atoms with Crippen LogP contribution in [0.5, 0.6) is 0 Å². The minimum absolute atomic E-state index is 0.0278. The molecule has 3 heteroatoms.